The normalized spacial score (nSPS) is 23.0. The van der Waals surface area contributed by atoms with Crippen molar-refractivity contribution in [3.63, 3.8) is 0 Å². The number of halogens is 1. The Morgan fingerprint density at radius 3 is 2.89 bits per heavy atom. The molecular weight excluding hydrogens is 239 g/mol. The minimum atomic E-state index is -0.622. The summed E-state index contributed by atoms with van der Waals surface area (Å²) in [6.07, 6.45) is 2.13. The van der Waals surface area contributed by atoms with Crippen LogP contribution < -0.4 is 5.32 Å². The number of nitro benzene ring substituents is 1. The van der Waals surface area contributed by atoms with Crippen LogP contribution in [0.2, 0.25) is 0 Å². The van der Waals surface area contributed by atoms with E-state index in [2.05, 4.69) is 5.32 Å². The van der Waals surface area contributed by atoms with E-state index in [1.54, 1.807) is 0 Å². The Morgan fingerprint density at radius 2 is 2.28 bits per heavy atom. The van der Waals surface area contributed by atoms with Crippen LogP contribution in [0.15, 0.2) is 18.2 Å². The molecule has 1 aromatic rings. The minimum Gasteiger partial charge on any atom is -0.393 e. The number of hydrogen-bond acceptors (Lipinski definition) is 4. The van der Waals surface area contributed by atoms with E-state index >= 15 is 0 Å². The number of nitrogens with zero attached hydrogens (tertiary/aromatic N) is 1. The zero-order valence-electron chi connectivity index (χ0n) is 9.80. The predicted octanol–water partition coefficient (Wildman–Crippen LogP) is 2.31. The summed E-state index contributed by atoms with van der Waals surface area (Å²) in [4.78, 5) is 10.2. The Balaban J connectivity index is 2.02. The van der Waals surface area contributed by atoms with Crippen LogP contribution in [0.25, 0.3) is 0 Å². The smallest absolute Gasteiger partial charge is 0.295 e. The van der Waals surface area contributed by atoms with Crippen LogP contribution in [0.1, 0.15) is 19.3 Å². The van der Waals surface area contributed by atoms with Gasteiger partial charge in [-0.3, -0.25) is 10.1 Å². The maximum atomic E-state index is 12.9. The maximum Gasteiger partial charge on any atom is 0.295 e. The van der Waals surface area contributed by atoms with Gasteiger partial charge in [0, 0.05) is 6.54 Å². The lowest BCUT2D eigenvalue weighted by Crippen LogP contribution is -2.13. The number of hydrogen-bond donors (Lipinski definition) is 2. The Kier molecular flexibility index (Phi) is 3.76. The standard InChI is InChI=1S/C12H15FN2O3/c13-9-2-4-11(12(6-9)15(17)18)14-7-8-1-3-10(16)5-8/h2,4,6,8,10,14,16H,1,3,5,7H2. The van der Waals surface area contributed by atoms with Crippen molar-refractivity contribution in [2.45, 2.75) is 25.4 Å². The summed E-state index contributed by atoms with van der Waals surface area (Å²) in [5.41, 5.74) is 0.0661. The van der Waals surface area contributed by atoms with E-state index in [0.717, 1.165) is 18.9 Å². The molecule has 98 valence electrons. The van der Waals surface area contributed by atoms with Gasteiger partial charge < -0.3 is 10.4 Å². The predicted molar refractivity (Wildman–Crippen MR) is 64.9 cm³/mol. The molecule has 1 saturated carbocycles. The Labute approximate surface area is 104 Å². The fourth-order valence-electron chi connectivity index (χ4n) is 2.29. The lowest BCUT2D eigenvalue weighted by atomic mass is 10.1. The first-order valence-electron chi connectivity index (χ1n) is 5.92. The van der Waals surface area contributed by atoms with Gasteiger partial charge in [-0.2, -0.15) is 0 Å². The molecule has 0 saturated heterocycles. The first kappa shape index (κ1) is 12.8. The quantitative estimate of drug-likeness (QED) is 0.638. The van der Waals surface area contributed by atoms with Gasteiger partial charge in [0.2, 0.25) is 0 Å². The summed E-state index contributed by atoms with van der Waals surface area (Å²) in [5, 5.41) is 23.1. The first-order chi connectivity index (χ1) is 8.56. The summed E-state index contributed by atoms with van der Waals surface area (Å²) in [6.45, 7) is 0.559. The summed E-state index contributed by atoms with van der Waals surface area (Å²) in [5.74, 6) is -0.312. The number of anilines is 1. The Hall–Kier alpha value is -1.69. The average molecular weight is 254 g/mol. The van der Waals surface area contributed by atoms with Crippen molar-refractivity contribution in [3.8, 4) is 0 Å². The minimum absolute atomic E-state index is 0.256. The molecule has 2 unspecified atom stereocenters. The van der Waals surface area contributed by atoms with Gasteiger partial charge in [0.05, 0.1) is 17.1 Å². The Morgan fingerprint density at radius 1 is 1.50 bits per heavy atom. The third kappa shape index (κ3) is 2.95. The highest BCUT2D eigenvalue weighted by Crippen LogP contribution is 2.28. The van der Waals surface area contributed by atoms with Crippen molar-refractivity contribution in [1.29, 1.82) is 0 Å². The van der Waals surface area contributed by atoms with Crippen molar-refractivity contribution in [1.82, 2.24) is 0 Å². The fourth-order valence-corrected chi connectivity index (χ4v) is 2.29. The van der Waals surface area contributed by atoms with Crippen LogP contribution in [0.5, 0.6) is 0 Å². The molecule has 0 amide bonds. The molecule has 0 aromatic heterocycles. The van der Waals surface area contributed by atoms with E-state index in [-0.39, 0.29) is 11.8 Å². The number of aliphatic hydroxyl groups is 1. The maximum absolute atomic E-state index is 12.9. The largest absolute Gasteiger partial charge is 0.393 e. The van der Waals surface area contributed by atoms with Crippen molar-refractivity contribution in [2.24, 2.45) is 5.92 Å². The lowest BCUT2D eigenvalue weighted by molar-refractivity contribution is -0.384. The van der Waals surface area contributed by atoms with E-state index in [1.165, 1.54) is 12.1 Å². The van der Waals surface area contributed by atoms with Gasteiger partial charge in [-0.25, -0.2) is 4.39 Å². The lowest BCUT2D eigenvalue weighted by Gasteiger charge is -2.12. The third-order valence-electron chi connectivity index (χ3n) is 3.25. The summed E-state index contributed by atoms with van der Waals surface area (Å²) < 4.78 is 12.9. The Bertz CT molecular complexity index is 453. The topological polar surface area (TPSA) is 75.4 Å². The van der Waals surface area contributed by atoms with Crippen LogP contribution in [-0.2, 0) is 0 Å². The van der Waals surface area contributed by atoms with E-state index < -0.39 is 10.7 Å². The van der Waals surface area contributed by atoms with Crippen molar-refractivity contribution < 1.29 is 14.4 Å². The molecule has 0 heterocycles. The van der Waals surface area contributed by atoms with Gasteiger partial charge in [0.1, 0.15) is 11.5 Å². The molecule has 0 spiro atoms. The van der Waals surface area contributed by atoms with E-state index in [1.807, 2.05) is 0 Å². The van der Waals surface area contributed by atoms with Gasteiger partial charge >= 0.3 is 0 Å². The molecule has 2 atom stereocenters. The summed E-state index contributed by atoms with van der Waals surface area (Å²) in [6, 6.07) is 3.48. The van der Waals surface area contributed by atoms with Gasteiger partial charge in [0.25, 0.3) is 5.69 Å². The molecule has 6 heteroatoms. The molecule has 2 rings (SSSR count). The van der Waals surface area contributed by atoms with Crippen LogP contribution in [0.3, 0.4) is 0 Å². The molecular formula is C12H15FN2O3. The number of nitrogens with one attached hydrogen (secondary N) is 1. The second-order valence-corrected chi connectivity index (χ2v) is 4.63. The zero-order valence-corrected chi connectivity index (χ0v) is 9.80. The molecule has 0 radical (unpaired) electrons. The molecule has 1 aliphatic carbocycles. The number of benzene rings is 1. The van der Waals surface area contributed by atoms with Gasteiger partial charge in [-0.15, -0.1) is 0 Å². The van der Waals surface area contributed by atoms with Gasteiger partial charge in [-0.05, 0) is 37.3 Å². The first-order valence-corrected chi connectivity index (χ1v) is 5.92. The van der Waals surface area contributed by atoms with E-state index in [9.17, 15) is 19.6 Å². The summed E-state index contributed by atoms with van der Waals surface area (Å²) >= 11 is 0. The SMILES string of the molecule is O=[N+]([O-])c1cc(F)ccc1NCC1CCC(O)C1. The number of aliphatic hydroxyl groups excluding tert-OH is 1. The van der Waals surface area contributed by atoms with E-state index in [4.69, 9.17) is 0 Å². The second-order valence-electron chi connectivity index (χ2n) is 4.63. The van der Waals surface area contributed by atoms with Crippen LogP contribution in [0, 0.1) is 21.8 Å². The number of nitro groups is 1. The van der Waals surface area contributed by atoms with Crippen molar-refractivity contribution >= 4 is 11.4 Å². The monoisotopic (exact) mass is 254 g/mol. The summed E-state index contributed by atoms with van der Waals surface area (Å²) in [7, 11) is 0. The molecule has 0 bridgehead atoms. The highest BCUT2D eigenvalue weighted by atomic mass is 19.1. The van der Waals surface area contributed by atoms with Crippen LogP contribution in [0.4, 0.5) is 15.8 Å². The highest BCUT2D eigenvalue weighted by molar-refractivity contribution is 5.61. The van der Waals surface area contributed by atoms with Crippen LogP contribution in [-0.4, -0.2) is 22.7 Å². The molecule has 5 nitrogen and oxygen atoms in total. The molecule has 0 aliphatic heterocycles. The average Bonchev–Trinajstić information content (AvgIpc) is 2.73. The molecule has 1 aliphatic rings. The van der Waals surface area contributed by atoms with E-state index in [0.29, 0.717) is 24.6 Å². The zero-order chi connectivity index (χ0) is 13.1. The van der Waals surface area contributed by atoms with Crippen LogP contribution >= 0.6 is 0 Å². The molecule has 2 N–H and O–H groups in total. The van der Waals surface area contributed by atoms with Gasteiger partial charge in [0.15, 0.2) is 0 Å². The third-order valence-corrected chi connectivity index (χ3v) is 3.25. The van der Waals surface area contributed by atoms with Crippen molar-refractivity contribution in [3.05, 3.63) is 34.1 Å². The van der Waals surface area contributed by atoms with Crippen molar-refractivity contribution in [2.75, 3.05) is 11.9 Å². The fraction of sp³-hybridized carbons (Fsp3) is 0.500. The number of rotatable bonds is 4. The molecule has 18 heavy (non-hydrogen) atoms. The highest BCUT2D eigenvalue weighted by Gasteiger charge is 2.23. The molecule has 1 aromatic carbocycles. The molecule has 1 fully saturated rings. The second kappa shape index (κ2) is 5.30. The van der Waals surface area contributed by atoms with Gasteiger partial charge in [-0.1, -0.05) is 0 Å².